The molecule has 1 saturated heterocycles. The van der Waals surface area contributed by atoms with Crippen LogP contribution in [0.2, 0.25) is 0 Å². The number of aliphatic hydroxyl groups is 1. The van der Waals surface area contributed by atoms with Crippen molar-refractivity contribution in [2.24, 2.45) is 0 Å². The molecule has 2 aromatic rings. The molecule has 0 saturated carbocycles. The van der Waals surface area contributed by atoms with Crippen molar-refractivity contribution in [3.63, 3.8) is 0 Å². The first-order valence-electron chi connectivity index (χ1n) is 9.94. The van der Waals surface area contributed by atoms with Crippen molar-refractivity contribution in [3.05, 3.63) is 40.7 Å². The summed E-state index contributed by atoms with van der Waals surface area (Å²) in [6.07, 6.45) is 3.01. The fourth-order valence-electron chi connectivity index (χ4n) is 4.04. The summed E-state index contributed by atoms with van der Waals surface area (Å²) in [5.74, 6) is -0.210. The topological polar surface area (TPSA) is 92.5 Å². The van der Waals surface area contributed by atoms with Crippen molar-refractivity contribution in [2.45, 2.75) is 38.8 Å². The summed E-state index contributed by atoms with van der Waals surface area (Å²) in [6, 6.07) is 6.15. The van der Waals surface area contributed by atoms with Crippen molar-refractivity contribution in [2.75, 3.05) is 32.8 Å². The monoisotopic (exact) mass is 385 g/mol. The number of nitrogens with one attached hydrogen (secondary N) is 1. The zero-order valence-electron chi connectivity index (χ0n) is 16.2. The maximum absolute atomic E-state index is 12.6. The number of carbonyl (C=O) groups is 1. The van der Waals surface area contributed by atoms with Crippen LogP contribution in [0.4, 0.5) is 0 Å². The molecule has 0 radical (unpaired) electrons. The van der Waals surface area contributed by atoms with E-state index in [0.29, 0.717) is 18.8 Å². The number of nitrogens with zero attached hydrogens (tertiary/aromatic N) is 4. The number of β-amino-alcohol motifs (C(OH)–C–C–N with tert-alkyl or cyclic N) is 1. The number of aliphatic hydroxyl groups excluding tert-OH is 1. The second-order valence-corrected chi connectivity index (χ2v) is 7.44. The van der Waals surface area contributed by atoms with Crippen LogP contribution in [0.3, 0.4) is 0 Å². The van der Waals surface area contributed by atoms with Crippen molar-refractivity contribution in [1.82, 2.24) is 25.2 Å². The van der Waals surface area contributed by atoms with Crippen LogP contribution < -0.4 is 5.32 Å². The van der Waals surface area contributed by atoms with Crippen LogP contribution in [0.15, 0.2) is 18.2 Å². The molecule has 2 aliphatic rings. The number of fused-ring (bicyclic) bond motifs is 1. The Kier molecular flexibility index (Phi) is 5.70. The summed E-state index contributed by atoms with van der Waals surface area (Å²) in [6.45, 7) is 5.71. The number of hydrogen-bond acceptors (Lipinski definition) is 6. The minimum absolute atomic E-state index is 0.0994. The molecule has 0 bridgehead atoms. The van der Waals surface area contributed by atoms with Gasteiger partial charge in [-0.15, -0.1) is 5.10 Å². The van der Waals surface area contributed by atoms with Gasteiger partial charge in [-0.25, -0.2) is 4.68 Å². The third-order valence-corrected chi connectivity index (χ3v) is 5.59. The summed E-state index contributed by atoms with van der Waals surface area (Å²) in [5.41, 5.74) is 4.53. The van der Waals surface area contributed by atoms with Crippen LogP contribution in [-0.4, -0.2) is 69.9 Å². The van der Waals surface area contributed by atoms with Gasteiger partial charge in [-0.3, -0.25) is 9.69 Å². The maximum atomic E-state index is 12.6. The number of hydrogen-bond donors (Lipinski definition) is 2. The van der Waals surface area contributed by atoms with E-state index in [1.165, 1.54) is 11.1 Å². The predicted octanol–water partition coefficient (Wildman–Crippen LogP) is 0.835. The quantitative estimate of drug-likeness (QED) is 0.765. The lowest BCUT2D eigenvalue weighted by atomic mass is 9.97. The number of ether oxygens (including phenoxy) is 1. The molecule has 0 aliphatic carbocycles. The summed E-state index contributed by atoms with van der Waals surface area (Å²) < 4.78 is 7.32. The first-order chi connectivity index (χ1) is 13.7. The standard InChI is InChI=1S/C20H27N5O3/c1-14-19(20(27)21-12-16-5-3-11-28-16)22-23-25(14)18-6-2-4-15-13-24(9-10-26)8-7-17(15)18/h2,4,6,16,26H,3,5,7-13H2,1H3,(H,21,27)/t16-/m1/s1. The molecule has 2 N–H and O–H groups in total. The fourth-order valence-corrected chi connectivity index (χ4v) is 4.04. The summed E-state index contributed by atoms with van der Waals surface area (Å²) in [5, 5.41) is 20.5. The molecule has 0 unspecified atom stereocenters. The Bertz CT molecular complexity index is 844. The zero-order chi connectivity index (χ0) is 19.5. The van der Waals surface area contributed by atoms with Gasteiger partial charge in [0.25, 0.3) is 5.91 Å². The van der Waals surface area contributed by atoms with Gasteiger partial charge in [0, 0.05) is 32.8 Å². The zero-order valence-corrected chi connectivity index (χ0v) is 16.2. The maximum Gasteiger partial charge on any atom is 0.273 e. The molecule has 150 valence electrons. The van der Waals surface area contributed by atoms with Gasteiger partial charge in [0.05, 0.1) is 24.1 Å². The Morgan fingerprint density at radius 3 is 3.11 bits per heavy atom. The third kappa shape index (κ3) is 3.80. The molecule has 8 heteroatoms. The van der Waals surface area contributed by atoms with Gasteiger partial charge in [0.1, 0.15) is 0 Å². The summed E-state index contributed by atoms with van der Waals surface area (Å²) >= 11 is 0. The highest BCUT2D eigenvalue weighted by molar-refractivity contribution is 5.93. The molecular weight excluding hydrogens is 358 g/mol. The molecule has 1 amide bonds. The minimum atomic E-state index is -0.210. The molecule has 8 nitrogen and oxygen atoms in total. The number of amides is 1. The van der Waals surface area contributed by atoms with Gasteiger partial charge in [-0.1, -0.05) is 17.3 Å². The van der Waals surface area contributed by atoms with Gasteiger partial charge < -0.3 is 15.2 Å². The Labute approximate surface area is 164 Å². The van der Waals surface area contributed by atoms with Crippen molar-refractivity contribution in [1.29, 1.82) is 0 Å². The van der Waals surface area contributed by atoms with E-state index < -0.39 is 0 Å². The summed E-state index contributed by atoms with van der Waals surface area (Å²) in [4.78, 5) is 14.8. The summed E-state index contributed by atoms with van der Waals surface area (Å²) in [7, 11) is 0. The van der Waals surface area contributed by atoms with E-state index in [4.69, 9.17) is 4.74 Å². The lowest BCUT2D eigenvalue weighted by Crippen LogP contribution is -2.33. The number of aromatic nitrogens is 3. The van der Waals surface area contributed by atoms with E-state index in [0.717, 1.165) is 50.3 Å². The van der Waals surface area contributed by atoms with Gasteiger partial charge >= 0.3 is 0 Å². The van der Waals surface area contributed by atoms with Gasteiger partial charge in [0.2, 0.25) is 0 Å². The second kappa shape index (κ2) is 8.38. The Morgan fingerprint density at radius 1 is 1.43 bits per heavy atom. The van der Waals surface area contributed by atoms with Crippen molar-refractivity contribution in [3.8, 4) is 5.69 Å². The van der Waals surface area contributed by atoms with Crippen LogP contribution in [-0.2, 0) is 17.7 Å². The lowest BCUT2D eigenvalue weighted by molar-refractivity contribution is 0.0853. The SMILES string of the molecule is Cc1c(C(=O)NC[C@H]2CCCO2)nnn1-c1cccc2c1CCN(CCO)C2. The first-order valence-corrected chi connectivity index (χ1v) is 9.94. The Balaban J connectivity index is 1.53. The van der Waals surface area contributed by atoms with E-state index >= 15 is 0 Å². The smallest absolute Gasteiger partial charge is 0.273 e. The van der Waals surface area contributed by atoms with Crippen LogP contribution >= 0.6 is 0 Å². The number of rotatable bonds is 6. The average Bonchev–Trinajstić information content (AvgIpc) is 3.35. The van der Waals surface area contributed by atoms with Crippen molar-refractivity contribution < 1.29 is 14.6 Å². The lowest BCUT2D eigenvalue weighted by Gasteiger charge is -2.29. The van der Waals surface area contributed by atoms with Gasteiger partial charge in [-0.05, 0) is 43.4 Å². The van der Waals surface area contributed by atoms with E-state index in [9.17, 15) is 9.90 Å². The first kappa shape index (κ1) is 19.0. The second-order valence-electron chi connectivity index (χ2n) is 7.44. The molecule has 2 aliphatic heterocycles. The van der Waals surface area contributed by atoms with Crippen LogP contribution in [0, 0.1) is 6.92 Å². The molecule has 1 atom stereocenters. The Hall–Kier alpha value is -2.29. The number of benzene rings is 1. The average molecular weight is 385 g/mol. The van der Waals surface area contributed by atoms with Gasteiger partial charge in [-0.2, -0.15) is 0 Å². The molecule has 0 spiro atoms. The van der Waals surface area contributed by atoms with Crippen LogP contribution in [0.25, 0.3) is 5.69 Å². The molecule has 3 heterocycles. The third-order valence-electron chi connectivity index (χ3n) is 5.59. The highest BCUT2D eigenvalue weighted by Gasteiger charge is 2.24. The van der Waals surface area contributed by atoms with Crippen LogP contribution in [0.1, 0.15) is 40.2 Å². The normalized spacial score (nSPS) is 19.6. The highest BCUT2D eigenvalue weighted by Crippen LogP contribution is 2.26. The van der Waals surface area contributed by atoms with E-state index in [2.05, 4.69) is 26.6 Å². The van der Waals surface area contributed by atoms with E-state index in [-0.39, 0.29) is 18.6 Å². The van der Waals surface area contributed by atoms with Crippen LogP contribution in [0.5, 0.6) is 0 Å². The largest absolute Gasteiger partial charge is 0.395 e. The highest BCUT2D eigenvalue weighted by atomic mass is 16.5. The minimum Gasteiger partial charge on any atom is -0.395 e. The molecule has 1 fully saturated rings. The molecule has 28 heavy (non-hydrogen) atoms. The van der Waals surface area contributed by atoms with Gasteiger partial charge in [0.15, 0.2) is 5.69 Å². The van der Waals surface area contributed by atoms with E-state index in [1.54, 1.807) is 4.68 Å². The number of carbonyl (C=O) groups excluding carboxylic acids is 1. The van der Waals surface area contributed by atoms with E-state index in [1.807, 2.05) is 19.1 Å². The predicted molar refractivity (Wildman–Crippen MR) is 103 cm³/mol. The molecule has 1 aromatic heterocycles. The Morgan fingerprint density at radius 2 is 2.32 bits per heavy atom. The molecule has 4 rings (SSSR count). The molecule has 1 aromatic carbocycles. The molecular formula is C20H27N5O3. The van der Waals surface area contributed by atoms with Crippen molar-refractivity contribution >= 4 is 5.91 Å². The fraction of sp³-hybridized carbons (Fsp3) is 0.550.